The summed E-state index contributed by atoms with van der Waals surface area (Å²) >= 11 is 0. The molecule has 17 heavy (non-hydrogen) atoms. The molecule has 0 spiro atoms. The summed E-state index contributed by atoms with van der Waals surface area (Å²) in [4.78, 5) is 11.2. The zero-order valence-corrected chi connectivity index (χ0v) is 9.77. The van der Waals surface area contributed by atoms with E-state index < -0.39 is 5.91 Å². The van der Waals surface area contributed by atoms with Crippen LogP contribution >= 0.6 is 0 Å². The molecule has 1 aliphatic heterocycles. The molecule has 0 saturated carbocycles. The number of para-hydroxylation sites is 1. The molecule has 0 bridgehead atoms. The number of ether oxygens (including phenoxy) is 1. The van der Waals surface area contributed by atoms with E-state index in [1.54, 1.807) is 12.1 Å². The molecule has 1 aromatic rings. The van der Waals surface area contributed by atoms with Gasteiger partial charge in [0.15, 0.2) is 0 Å². The Morgan fingerprint density at radius 2 is 2.29 bits per heavy atom. The van der Waals surface area contributed by atoms with Crippen LogP contribution in [0.2, 0.25) is 0 Å². The minimum absolute atomic E-state index is 0.145. The molecule has 1 saturated heterocycles. The Balaban J connectivity index is 2.21. The summed E-state index contributed by atoms with van der Waals surface area (Å²) in [5, 5.41) is 3.30. The van der Waals surface area contributed by atoms with Crippen LogP contribution in [0.4, 0.5) is 11.4 Å². The van der Waals surface area contributed by atoms with Crippen LogP contribution in [0.1, 0.15) is 23.7 Å². The third-order valence-electron chi connectivity index (χ3n) is 3.09. The molecule has 0 radical (unpaired) electrons. The Kier molecular flexibility index (Phi) is 3.19. The third kappa shape index (κ3) is 2.34. The summed E-state index contributed by atoms with van der Waals surface area (Å²) in [5.74, 6) is -0.512. The monoisotopic (exact) mass is 235 g/mol. The number of rotatable bonds is 3. The number of amides is 1. The van der Waals surface area contributed by atoms with Crippen molar-refractivity contribution in [3.63, 3.8) is 0 Å². The minimum Gasteiger partial charge on any atom is -0.396 e. The van der Waals surface area contributed by atoms with Gasteiger partial charge < -0.3 is 21.5 Å². The Labute approximate surface area is 100 Å². The Bertz CT molecular complexity index is 434. The molecule has 1 fully saturated rings. The lowest BCUT2D eigenvalue weighted by Crippen LogP contribution is -2.27. The van der Waals surface area contributed by atoms with Crippen molar-refractivity contribution in [2.45, 2.75) is 25.5 Å². The number of carbonyl (C=O) groups is 1. The fourth-order valence-electron chi connectivity index (χ4n) is 2.03. The zero-order chi connectivity index (χ0) is 12.4. The number of nitrogens with one attached hydrogen (secondary N) is 1. The second-order valence-electron chi connectivity index (χ2n) is 4.25. The molecule has 0 aliphatic carbocycles. The highest BCUT2D eigenvalue weighted by atomic mass is 16.5. The fourth-order valence-corrected chi connectivity index (χ4v) is 2.03. The van der Waals surface area contributed by atoms with Crippen molar-refractivity contribution >= 4 is 17.3 Å². The van der Waals surface area contributed by atoms with Crippen LogP contribution in [0.5, 0.6) is 0 Å². The first-order valence-corrected chi connectivity index (χ1v) is 5.66. The molecule has 1 aromatic carbocycles. The van der Waals surface area contributed by atoms with Crippen molar-refractivity contribution in [1.82, 2.24) is 0 Å². The summed E-state index contributed by atoms with van der Waals surface area (Å²) in [6.07, 6.45) is 1.08. The number of benzene rings is 1. The van der Waals surface area contributed by atoms with Gasteiger partial charge in [0, 0.05) is 6.61 Å². The van der Waals surface area contributed by atoms with Gasteiger partial charge in [-0.1, -0.05) is 6.07 Å². The molecular weight excluding hydrogens is 218 g/mol. The van der Waals surface area contributed by atoms with E-state index in [0.717, 1.165) is 18.7 Å². The maximum Gasteiger partial charge on any atom is 0.250 e. The van der Waals surface area contributed by atoms with Crippen molar-refractivity contribution in [3.8, 4) is 0 Å². The number of primary amides is 1. The van der Waals surface area contributed by atoms with Crippen molar-refractivity contribution in [2.24, 2.45) is 5.73 Å². The molecule has 2 rings (SSSR count). The van der Waals surface area contributed by atoms with Crippen LogP contribution < -0.4 is 16.8 Å². The fraction of sp³-hybridized carbons (Fsp3) is 0.417. The molecule has 5 N–H and O–H groups in total. The minimum atomic E-state index is -0.512. The van der Waals surface area contributed by atoms with Gasteiger partial charge in [0.05, 0.1) is 29.1 Å². The van der Waals surface area contributed by atoms with Gasteiger partial charge in [-0.25, -0.2) is 0 Å². The summed E-state index contributed by atoms with van der Waals surface area (Å²) in [5.41, 5.74) is 12.6. The van der Waals surface area contributed by atoms with Crippen molar-refractivity contribution < 1.29 is 9.53 Å². The first-order valence-electron chi connectivity index (χ1n) is 5.66. The van der Waals surface area contributed by atoms with E-state index in [9.17, 15) is 4.79 Å². The number of nitrogen functional groups attached to an aromatic ring is 1. The highest BCUT2D eigenvalue weighted by molar-refractivity contribution is 6.00. The summed E-state index contributed by atoms with van der Waals surface area (Å²) in [7, 11) is 0. The van der Waals surface area contributed by atoms with Crippen molar-refractivity contribution in [2.75, 3.05) is 17.7 Å². The standard InChI is InChI=1S/C12H17N3O2/c1-7-9(5-6-17-7)15-10-4-2-3-8(11(10)13)12(14)16/h2-4,7,9,15H,5-6,13H2,1H3,(H2,14,16). The van der Waals surface area contributed by atoms with Crippen LogP contribution in [0.3, 0.4) is 0 Å². The number of hydrogen-bond acceptors (Lipinski definition) is 4. The molecular formula is C12H17N3O2. The molecule has 2 unspecified atom stereocenters. The van der Waals surface area contributed by atoms with Gasteiger partial charge >= 0.3 is 0 Å². The number of carbonyl (C=O) groups excluding carboxylic acids is 1. The topological polar surface area (TPSA) is 90.4 Å². The number of nitrogens with two attached hydrogens (primary N) is 2. The van der Waals surface area contributed by atoms with Gasteiger partial charge in [-0.3, -0.25) is 4.79 Å². The third-order valence-corrected chi connectivity index (χ3v) is 3.09. The molecule has 2 atom stereocenters. The maximum atomic E-state index is 11.2. The molecule has 1 amide bonds. The van der Waals surface area contributed by atoms with Crippen LogP contribution in [0.25, 0.3) is 0 Å². The zero-order valence-electron chi connectivity index (χ0n) is 9.77. The van der Waals surface area contributed by atoms with Gasteiger partial charge in [-0.05, 0) is 25.5 Å². The molecule has 92 valence electrons. The predicted molar refractivity (Wildman–Crippen MR) is 66.8 cm³/mol. The smallest absolute Gasteiger partial charge is 0.250 e. The average Bonchev–Trinajstić information content (AvgIpc) is 2.67. The molecule has 5 nitrogen and oxygen atoms in total. The lowest BCUT2D eigenvalue weighted by atomic mass is 10.1. The van der Waals surface area contributed by atoms with Gasteiger partial charge in [0.2, 0.25) is 0 Å². The summed E-state index contributed by atoms with van der Waals surface area (Å²) in [6.45, 7) is 2.76. The molecule has 1 aliphatic rings. The molecule has 5 heteroatoms. The van der Waals surface area contributed by atoms with E-state index in [2.05, 4.69) is 5.32 Å². The quantitative estimate of drug-likeness (QED) is 0.680. The molecule has 1 heterocycles. The molecule has 0 aromatic heterocycles. The second kappa shape index (κ2) is 4.63. The van der Waals surface area contributed by atoms with Crippen LogP contribution in [0.15, 0.2) is 18.2 Å². The predicted octanol–water partition coefficient (Wildman–Crippen LogP) is 0.957. The average molecular weight is 235 g/mol. The number of anilines is 2. The lowest BCUT2D eigenvalue weighted by molar-refractivity contribution is 0.100. The Hall–Kier alpha value is -1.75. The van der Waals surface area contributed by atoms with Gasteiger partial charge in [-0.2, -0.15) is 0 Å². The van der Waals surface area contributed by atoms with Gasteiger partial charge in [-0.15, -0.1) is 0 Å². The maximum absolute atomic E-state index is 11.2. The highest BCUT2D eigenvalue weighted by Crippen LogP contribution is 2.26. The SMILES string of the molecule is CC1OCCC1Nc1cccc(C(N)=O)c1N. The largest absolute Gasteiger partial charge is 0.396 e. The van der Waals surface area contributed by atoms with Gasteiger partial charge in [0.1, 0.15) is 0 Å². The van der Waals surface area contributed by atoms with E-state index in [4.69, 9.17) is 16.2 Å². The Morgan fingerprint density at radius 1 is 1.53 bits per heavy atom. The van der Waals surface area contributed by atoms with E-state index in [1.165, 1.54) is 0 Å². The lowest BCUT2D eigenvalue weighted by Gasteiger charge is -2.19. The van der Waals surface area contributed by atoms with Crippen molar-refractivity contribution in [1.29, 1.82) is 0 Å². The van der Waals surface area contributed by atoms with Crippen LogP contribution in [0, 0.1) is 0 Å². The van der Waals surface area contributed by atoms with Crippen molar-refractivity contribution in [3.05, 3.63) is 23.8 Å². The second-order valence-corrected chi connectivity index (χ2v) is 4.25. The van der Waals surface area contributed by atoms with E-state index in [0.29, 0.717) is 11.3 Å². The van der Waals surface area contributed by atoms with Crippen LogP contribution in [-0.4, -0.2) is 24.7 Å². The number of hydrogen-bond donors (Lipinski definition) is 3. The summed E-state index contributed by atoms with van der Waals surface area (Å²) < 4.78 is 5.46. The summed E-state index contributed by atoms with van der Waals surface area (Å²) in [6, 6.07) is 5.45. The van der Waals surface area contributed by atoms with Gasteiger partial charge in [0.25, 0.3) is 5.91 Å². The normalized spacial score (nSPS) is 23.6. The van der Waals surface area contributed by atoms with E-state index in [-0.39, 0.29) is 12.1 Å². The Morgan fingerprint density at radius 3 is 2.88 bits per heavy atom. The van der Waals surface area contributed by atoms with Crippen LogP contribution in [-0.2, 0) is 4.74 Å². The van der Waals surface area contributed by atoms with E-state index in [1.807, 2.05) is 13.0 Å². The first-order chi connectivity index (χ1) is 8.09. The van der Waals surface area contributed by atoms with E-state index >= 15 is 0 Å². The highest BCUT2D eigenvalue weighted by Gasteiger charge is 2.24. The first kappa shape index (κ1) is 11.7.